The van der Waals surface area contributed by atoms with E-state index in [1.165, 1.54) is 29.2 Å². The molecule has 0 aliphatic carbocycles. The van der Waals surface area contributed by atoms with Crippen LogP contribution in [0, 0.1) is 25.1 Å². The molecule has 286 valence electrons. The summed E-state index contributed by atoms with van der Waals surface area (Å²) in [6.45, 7) is 14.3. The molecule has 0 atom stereocenters. The first-order valence-corrected chi connectivity index (χ1v) is 18.9. The molecule has 3 N–H and O–H groups in total. The third kappa shape index (κ3) is 6.91. The topological polar surface area (TPSA) is 105 Å². The summed E-state index contributed by atoms with van der Waals surface area (Å²) in [5.74, 6) is -2.40. The molecule has 1 saturated heterocycles. The number of aryl methyl sites for hydroxylation is 1. The van der Waals surface area contributed by atoms with Crippen molar-refractivity contribution in [3.05, 3.63) is 124 Å². The molecule has 0 saturated carbocycles. The van der Waals surface area contributed by atoms with Gasteiger partial charge in [-0.3, -0.25) is 19.3 Å². The molecule has 0 bridgehead atoms. The van der Waals surface area contributed by atoms with Crippen LogP contribution in [0.15, 0.2) is 72.8 Å². The predicted octanol–water partition coefficient (Wildman–Crippen LogP) is 7.82. The minimum Gasteiger partial charge on any atom is -0.354 e. The van der Waals surface area contributed by atoms with Gasteiger partial charge in [-0.15, -0.1) is 0 Å². The number of nitrogens with one attached hydrogen (secondary N) is 3. The first-order chi connectivity index (χ1) is 26.8. The van der Waals surface area contributed by atoms with E-state index in [4.69, 9.17) is 18.8 Å². The van der Waals surface area contributed by atoms with Crippen LogP contribution >= 0.6 is 12.2 Å². The summed E-state index contributed by atoms with van der Waals surface area (Å²) in [6.07, 6.45) is 1.68. The first-order valence-electron chi connectivity index (χ1n) is 18.5. The molecular formula is C43H41F2N7O3S. The summed E-state index contributed by atoms with van der Waals surface area (Å²) in [6, 6.07) is 20.0. The normalized spacial score (nSPS) is 15.1. The van der Waals surface area contributed by atoms with Crippen molar-refractivity contribution in [1.82, 2.24) is 20.5 Å². The second-order valence-electron chi connectivity index (χ2n) is 14.7. The van der Waals surface area contributed by atoms with Gasteiger partial charge in [0.05, 0.1) is 17.7 Å². The number of aromatic amines is 1. The number of amides is 3. The van der Waals surface area contributed by atoms with Crippen LogP contribution < -0.4 is 20.4 Å². The number of benzene rings is 4. The summed E-state index contributed by atoms with van der Waals surface area (Å²) in [5.41, 5.74) is 5.56. The minimum atomic E-state index is -1.15. The Morgan fingerprint density at radius 2 is 1.75 bits per heavy atom. The van der Waals surface area contributed by atoms with Crippen LogP contribution in [0.2, 0.25) is 0 Å². The van der Waals surface area contributed by atoms with Crippen molar-refractivity contribution in [3.63, 3.8) is 0 Å². The number of nitrogens with zero attached hydrogens (tertiary/aromatic N) is 4. The summed E-state index contributed by atoms with van der Waals surface area (Å²) in [7, 11) is 1.89. The van der Waals surface area contributed by atoms with Crippen LogP contribution in [-0.4, -0.2) is 64.9 Å². The molecule has 3 heterocycles. The molecule has 2 aliphatic rings. The maximum atomic E-state index is 15.5. The van der Waals surface area contributed by atoms with Crippen molar-refractivity contribution < 1.29 is 23.2 Å². The Labute approximate surface area is 329 Å². The van der Waals surface area contributed by atoms with Crippen LogP contribution in [0.4, 0.5) is 25.8 Å². The number of rotatable bonds is 11. The predicted molar refractivity (Wildman–Crippen MR) is 218 cm³/mol. The van der Waals surface area contributed by atoms with E-state index in [0.29, 0.717) is 66.1 Å². The van der Waals surface area contributed by atoms with Gasteiger partial charge in [-0.2, -0.15) is 0 Å². The molecule has 0 spiro atoms. The highest BCUT2D eigenvalue weighted by Crippen LogP contribution is 2.39. The number of carbonyl (C=O) groups is 3. The van der Waals surface area contributed by atoms with E-state index < -0.39 is 23.1 Å². The highest BCUT2D eigenvalue weighted by molar-refractivity contribution is 7.81. The van der Waals surface area contributed by atoms with E-state index in [9.17, 15) is 18.8 Å². The summed E-state index contributed by atoms with van der Waals surface area (Å²) < 4.78 is 30.4. The third-order valence-corrected chi connectivity index (χ3v) is 10.9. The molecule has 13 heteroatoms. The number of hydrogen-bond acceptors (Lipinski definition) is 5. The van der Waals surface area contributed by atoms with E-state index in [-0.39, 0.29) is 29.0 Å². The van der Waals surface area contributed by atoms with Gasteiger partial charge in [0.15, 0.2) is 10.8 Å². The fourth-order valence-corrected chi connectivity index (χ4v) is 8.19. The lowest BCUT2D eigenvalue weighted by molar-refractivity contribution is -0.120. The van der Waals surface area contributed by atoms with E-state index in [0.717, 1.165) is 34.3 Å². The largest absolute Gasteiger partial charge is 0.354 e. The molecule has 10 nitrogen and oxygen atoms in total. The lowest BCUT2D eigenvalue weighted by atomic mass is 9.99. The number of unbranched alkanes of at least 4 members (excludes halogenated alkanes) is 1. The Hall–Kier alpha value is -5.97. The Balaban J connectivity index is 0.973. The van der Waals surface area contributed by atoms with Gasteiger partial charge in [-0.1, -0.05) is 30.3 Å². The Morgan fingerprint density at radius 1 is 1.00 bits per heavy atom. The van der Waals surface area contributed by atoms with E-state index >= 15 is 4.39 Å². The lowest BCUT2D eigenvalue weighted by Crippen LogP contribution is -2.44. The van der Waals surface area contributed by atoms with Gasteiger partial charge >= 0.3 is 0 Å². The van der Waals surface area contributed by atoms with Crippen LogP contribution in [-0.2, 0) is 17.8 Å². The smallest absolute Gasteiger partial charge is 0.259 e. The second-order valence-corrected chi connectivity index (χ2v) is 15.0. The zero-order valence-electron chi connectivity index (χ0n) is 31.6. The average Bonchev–Trinajstić information content (AvgIpc) is 3.56. The first kappa shape index (κ1) is 38.3. The number of H-pyrrole nitrogens is 1. The molecular weight excluding hydrogens is 733 g/mol. The van der Waals surface area contributed by atoms with Crippen LogP contribution in [0.25, 0.3) is 27.0 Å². The number of anilines is 2. The number of halogens is 2. The van der Waals surface area contributed by atoms with Crippen LogP contribution in [0.1, 0.15) is 64.1 Å². The van der Waals surface area contributed by atoms with Crippen molar-refractivity contribution >= 4 is 63.0 Å². The molecule has 4 aromatic carbocycles. The zero-order chi connectivity index (χ0) is 39.9. The van der Waals surface area contributed by atoms with Crippen molar-refractivity contribution in [3.8, 4) is 11.3 Å². The summed E-state index contributed by atoms with van der Waals surface area (Å²) in [5, 5.41) is 6.81. The van der Waals surface area contributed by atoms with Gasteiger partial charge in [-0.25, -0.2) is 13.6 Å². The SMILES string of the molecule is [C-]#[N+]c1ccc(N2C(=O)C(C)(C)N(c3ccc(C(=O)NCCCCN4CCc5c(-c6ccc(CNC)cc6)[nH]c6cc(F)cc(c56)C4=O)c(F)c3)C2=S)cc1C. The van der Waals surface area contributed by atoms with Crippen molar-refractivity contribution in [1.29, 1.82) is 0 Å². The summed E-state index contributed by atoms with van der Waals surface area (Å²) >= 11 is 5.73. The lowest BCUT2D eigenvalue weighted by Gasteiger charge is -2.29. The Kier molecular flexibility index (Phi) is 10.5. The molecule has 3 amide bonds. The van der Waals surface area contributed by atoms with Gasteiger partial charge in [0.2, 0.25) is 0 Å². The molecule has 0 radical (unpaired) electrons. The van der Waals surface area contributed by atoms with Crippen LogP contribution in [0.5, 0.6) is 0 Å². The van der Waals surface area contributed by atoms with E-state index in [1.54, 1.807) is 54.8 Å². The van der Waals surface area contributed by atoms with Gasteiger partial charge in [0.25, 0.3) is 17.7 Å². The van der Waals surface area contributed by atoms with E-state index in [2.05, 4.69) is 20.5 Å². The van der Waals surface area contributed by atoms with Crippen molar-refractivity contribution in [2.45, 2.75) is 52.1 Å². The third-order valence-electron chi connectivity index (χ3n) is 10.6. The molecule has 1 fully saturated rings. The van der Waals surface area contributed by atoms with Gasteiger partial charge in [0, 0.05) is 54.2 Å². The number of aromatic nitrogens is 1. The molecule has 7 rings (SSSR count). The fourth-order valence-electron chi connectivity index (χ4n) is 7.67. The Bertz CT molecular complexity index is 2450. The standard InChI is InChI=1S/C43H41F2N7O3S/c1-25-20-29(13-15-35(25)47-5)51-41(55)43(2,3)52(42(51)56)30-12-14-31(34(45)23-30)39(53)48-17-6-7-18-50-19-16-32-37-33(40(50)54)21-28(44)22-36(37)49-38(32)27-10-8-26(9-11-27)24-46-4/h8-15,20-23,46,49H,6-7,16-19,24H2,1-4H3,(H,48,53). The van der Waals surface area contributed by atoms with Gasteiger partial charge in [-0.05, 0) is 124 Å². The quantitative estimate of drug-likeness (QED) is 0.0719. The second kappa shape index (κ2) is 15.3. The summed E-state index contributed by atoms with van der Waals surface area (Å²) in [4.78, 5) is 51.9. The van der Waals surface area contributed by atoms with Gasteiger partial charge in [0.1, 0.15) is 17.2 Å². The monoisotopic (exact) mass is 773 g/mol. The van der Waals surface area contributed by atoms with E-state index in [1.807, 2.05) is 31.3 Å². The average molecular weight is 774 g/mol. The molecule has 1 aromatic heterocycles. The zero-order valence-corrected chi connectivity index (χ0v) is 32.4. The highest BCUT2D eigenvalue weighted by atomic mass is 32.1. The van der Waals surface area contributed by atoms with Gasteiger partial charge < -0.3 is 25.4 Å². The molecule has 2 aliphatic heterocycles. The maximum absolute atomic E-state index is 15.5. The number of carbonyl (C=O) groups excluding carboxylic acids is 3. The van der Waals surface area contributed by atoms with Crippen molar-refractivity contribution in [2.75, 3.05) is 36.5 Å². The molecule has 5 aromatic rings. The minimum absolute atomic E-state index is 0.153. The molecule has 0 unspecified atom stereocenters. The number of hydrogen-bond donors (Lipinski definition) is 3. The van der Waals surface area contributed by atoms with Crippen LogP contribution in [0.3, 0.4) is 0 Å². The molecule has 56 heavy (non-hydrogen) atoms. The Morgan fingerprint density at radius 3 is 2.45 bits per heavy atom. The maximum Gasteiger partial charge on any atom is 0.259 e. The number of thiocarbonyl (C=S) groups is 1. The fraction of sp³-hybridized carbons (Fsp3) is 0.279. The van der Waals surface area contributed by atoms with Crippen molar-refractivity contribution in [2.24, 2.45) is 0 Å². The highest BCUT2D eigenvalue weighted by Gasteiger charge is 2.50.